The topological polar surface area (TPSA) is 0 Å². The maximum atomic E-state index is 2.51. The third-order valence-electron chi connectivity index (χ3n) is 6.80. The highest BCUT2D eigenvalue weighted by molar-refractivity contribution is 7.60. The van der Waals surface area contributed by atoms with Gasteiger partial charge in [-0.3, -0.25) is 0 Å². The molecular weight excluding hydrogens is 400 g/mol. The fourth-order valence-electron chi connectivity index (χ4n) is 4.46. The molecule has 27 heavy (non-hydrogen) atoms. The van der Waals surface area contributed by atoms with E-state index >= 15 is 0 Å². The Hall–Kier alpha value is 1.72. The van der Waals surface area contributed by atoms with Gasteiger partial charge in [0.1, 0.15) is 0 Å². The fraction of sp³-hybridized carbons (Fsp3) is 1.00. The van der Waals surface area contributed by atoms with E-state index in [9.17, 15) is 0 Å². The molecule has 0 unspecified atom stereocenters. The maximum absolute atomic E-state index is 2.51. The normalized spacial score (nSPS) is 12.9. The van der Waals surface area contributed by atoms with Gasteiger partial charge in [-0.1, -0.05) is 55.4 Å². The van der Waals surface area contributed by atoms with Crippen molar-refractivity contribution >= 4 is 31.7 Å². The summed E-state index contributed by atoms with van der Waals surface area (Å²) < 4.78 is 0. The van der Waals surface area contributed by atoms with Crippen LogP contribution in [0.4, 0.5) is 0 Å². The molecular formula is C23H52P4. The molecule has 0 fully saturated rings. The lowest BCUT2D eigenvalue weighted by Crippen LogP contribution is -2.32. The van der Waals surface area contributed by atoms with Crippen molar-refractivity contribution in [3.63, 3.8) is 0 Å². The molecule has 0 atom stereocenters. The fourth-order valence-corrected chi connectivity index (χ4v) is 13.5. The Morgan fingerprint density at radius 3 is 0.852 bits per heavy atom. The average Bonchev–Trinajstić information content (AvgIpc) is 2.70. The van der Waals surface area contributed by atoms with Crippen LogP contribution in [0.5, 0.6) is 0 Å². The molecule has 0 heterocycles. The van der Waals surface area contributed by atoms with Crippen molar-refractivity contribution in [2.24, 2.45) is 0 Å². The molecule has 0 aliphatic heterocycles. The zero-order chi connectivity index (χ0) is 20.7. The van der Waals surface area contributed by atoms with E-state index in [1.807, 2.05) is 0 Å². The first-order valence-electron chi connectivity index (χ1n) is 11.9. The van der Waals surface area contributed by atoms with Crippen molar-refractivity contribution in [2.45, 2.75) is 79.8 Å². The van der Waals surface area contributed by atoms with Crippen LogP contribution in [-0.2, 0) is 0 Å². The Morgan fingerprint density at radius 2 is 0.667 bits per heavy atom. The lowest BCUT2D eigenvalue weighted by atomic mass is 9.99. The predicted molar refractivity (Wildman–Crippen MR) is 143 cm³/mol. The minimum atomic E-state index is 0.205. The standard InChI is InChI=1S/C23H52P4/c1-9-24(10-2)20-17-23(27(15-7)16-8,18-21-25(11-3)12-4)19-22-26(13-5)14-6/h9-22H2,1-8H3. The third kappa shape index (κ3) is 10.5. The summed E-state index contributed by atoms with van der Waals surface area (Å²) in [5.41, 5.74) is 0. The lowest BCUT2D eigenvalue weighted by molar-refractivity contribution is 0.525. The van der Waals surface area contributed by atoms with E-state index in [4.69, 9.17) is 0 Å². The van der Waals surface area contributed by atoms with E-state index in [1.54, 1.807) is 37.7 Å². The Morgan fingerprint density at radius 1 is 0.407 bits per heavy atom. The van der Waals surface area contributed by atoms with Gasteiger partial charge in [0.15, 0.2) is 0 Å². The molecule has 0 amide bonds. The van der Waals surface area contributed by atoms with Crippen LogP contribution < -0.4 is 0 Å². The van der Waals surface area contributed by atoms with Gasteiger partial charge in [-0.05, 0) is 92.2 Å². The molecule has 164 valence electrons. The van der Waals surface area contributed by atoms with Crippen LogP contribution in [0.15, 0.2) is 0 Å². The minimum absolute atomic E-state index is 0.205. The van der Waals surface area contributed by atoms with E-state index in [2.05, 4.69) is 55.4 Å². The Labute approximate surface area is 179 Å². The van der Waals surface area contributed by atoms with E-state index in [-0.39, 0.29) is 7.92 Å². The molecule has 4 heteroatoms. The minimum Gasteiger partial charge on any atom is -0.107 e. The van der Waals surface area contributed by atoms with Crippen molar-refractivity contribution < 1.29 is 0 Å². The number of hydrogen-bond acceptors (Lipinski definition) is 0. The first-order valence-corrected chi connectivity index (χ1v) is 19.3. The van der Waals surface area contributed by atoms with Crippen molar-refractivity contribution in [1.29, 1.82) is 0 Å². The van der Waals surface area contributed by atoms with Gasteiger partial charge in [-0.15, -0.1) is 31.7 Å². The Kier molecular flexibility index (Phi) is 18.5. The summed E-state index contributed by atoms with van der Waals surface area (Å²) in [6.45, 7) is 19.7. The molecule has 0 aliphatic rings. The van der Waals surface area contributed by atoms with Gasteiger partial charge in [0.25, 0.3) is 0 Å². The molecule has 0 nitrogen and oxygen atoms in total. The van der Waals surface area contributed by atoms with Crippen LogP contribution in [0, 0.1) is 0 Å². The monoisotopic (exact) mass is 452 g/mol. The van der Waals surface area contributed by atoms with Gasteiger partial charge in [-0.2, -0.15) is 0 Å². The molecule has 0 saturated carbocycles. The van der Waals surface area contributed by atoms with Crippen LogP contribution >= 0.6 is 31.7 Å². The molecule has 0 aromatic carbocycles. The van der Waals surface area contributed by atoms with Crippen LogP contribution in [0.2, 0.25) is 0 Å². The number of hydrogen-bond donors (Lipinski definition) is 0. The summed E-state index contributed by atoms with van der Waals surface area (Å²) in [6.07, 6.45) is 21.0. The van der Waals surface area contributed by atoms with E-state index < -0.39 is 0 Å². The zero-order valence-electron chi connectivity index (χ0n) is 20.2. The lowest BCUT2D eigenvalue weighted by Gasteiger charge is -2.44. The first-order chi connectivity index (χ1) is 13.0. The number of rotatable bonds is 18. The second-order valence-corrected chi connectivity index (χ2v) is 20.2. The summed E-state index contributed by atoms with van der Waals surface area (Å²) >= 11 is 0. The molecule has 0 rings (SSSR count). The molecule has 0 bridgehead atoms. The predicted octanol–water partition coefficient (Wildman–Crippen LogP) is 8.98. The molecule has 0 N–H and O–H groups in total. The smallest absolute Gasteiger partial charge is 0.00845 e. The molecule has 0 aromatic rings. The first kappa shape index (κ1) is 28.7. The van der Waals surface area contributed by atoms with Crippen LogP contribution in [0.25, 0.3) is 0 Å². The highest BCUT2D eigenvalue weighted by atomic mass is 31.1. The molecule has 0 radical (unpaired) electrons. The average molecular weight is 453 g/mol. The molecule has 0 aliphatic carbocycles. The van der Waals surface area contributed by atoms with Gasteiger partial charge >= 0.3 is 0 Å². The largest absolute Gasteiger partial charge is 0.107 e. The van der Waals surface area contributed by atoms with E-state index in [1.165, 1.54) is 49.3 Å². The SMILES string of the molecule is CCP(CC)CCC(CCP(CC)CC)(CCP(CC)CC)P(CC)CC. The van der Waals surface area contributed by atoms with Crippen LogP contribution in [-0.4, -0.2) is 72.9 Å². The van der Waals surface area contributed by atoms with Crippen molar-refractivity contribution in [3.8, 4) is 0 Å². The van der Waals surface area contributed by atoms with Crippen molar-refractivity contribution in [1.82, 2.24) is 0 Å². The summed E-state index contributed by atoms with van der Waals surface area (Å²) in [5.74, 6) is 0. The van der Waals surface area contributed by atoms with Crippen molar-refractivity contribution in [2.75, 3.05) is 67.8 Å². The summed E-state index contributed by atoms with van der Waals surface area (Å²) in [7, 11) is 1.10. The second kappa shape index (κ2) is 17.4. The summed E-state index contributed by atoms with van der Waals surface area (Å²) in [5, 5.41) is 0.722. The highest BCUT2D eigenvalue weighted by Gasteiger charge is 2.36. The second-order valence-electron chi connectivity index (χ2n) is 7.73. The quantitative estimate of drug-likeness (QED) is 0.182. The summed E-state index contributed by atoms with van der Waals surface area (Å²) in [6, 6.07) is 0. The maximum Gasteiger partial charge on any atom is -0.00845 e. The van der Waals surface area contributed by atoms with Gasteiger partial charge in [0.05, 0.1) is 0 Å². The molecule has 0 aromatic heterocycles. The molecule has 0 spiro atoms. The summed E-state index contributed by atoms with van der Waals surface area (Å²) in [4.78, 5) is 0. The van der Waals surface area contributed by atoms with Crippen LogP contribution in [0.3, 0.4) is 0 Å². The Bertz CT molecular complexity index is 278. The van der Waals surface area contributed by atoms with E-state index in [0.29, 0.717) is 23.8 Å². The van der Waals surface area contributed by atoms with Gasteiger partial charge in [0.2, 0.25) is 0 Å². The van der Waals surface area contributed by atoms with E-state index in [0.717, 1.165) is 5.16 Å². The zero-order valence-corrected chi connectivity index (χ0v) is 23.8. The molecule has 0 saturated heterocycles. The van der Waals surface area contributed by atoms with Gasteiger partial charge in [0, 0.05) is 0 Å². The highest BCUT2D eigenvalue weighted by Crippen LogP contribution is 2.59. The van der Waals surface area contributed by atoms with Gasteiger partial charge < -0.3 is 0 Å². The van der Waals surface area contributed by atoms with Gasteiger partial charge in [-0.25, -0.2) is 0 Å². The third-order valence-corrected chi connectivity index (χ3v) is 18.3. The van der Waals surface area contributed by atoms with Crippen LogP contribution in [0.1, 0.15) is 74.7 Å². The van der Waals surface area contributed by atoms with Crippen molar-refractivity contribution in [3.05, 3.63) is 0 Å². The Balaban J connectivity index is 5.50.